The van der Waals surface area contributed by atoms with Crippen LogP contribution in [0.3, 0.4) is 0 Å². The summed E-state index contributed by atoms with van der Waals surface area (Å²) in [6.45, 7) is 1.19. The van der Waals surface area contributed by atoms with Crippen molar-refractivity contribution in [1.82, 2.24) is 15.6 Å². The van der Waals surface area contributed by atoms with Gasteiger partial charge in [-0.2, -0.15) is 4.98 Å². The van der Waals surface area contributed by atoms with Crippen LogP contribution in [0.4, 0.5) is 4.39 Å². The lowest BCUT2D eigenvalue weighted by Gasteiger charge is -2.14. The summed E-state index contributed by atoms with van der Waals surface area (Å²) < 4.78 is 25.0. The van der Waals surface area contributed by atoms with Crippen LogP contribution in [-0.2, 0) is 17.9 Å². The molecule has 1 aliphatic rings. The van der Waals surface area contributed by atoms with Crippen LogP contribution in [0, 0.1) is 5.82 Å². The Morgan fingerprint density at radius 2 is 2.15 bits per heavy atom. The monoisotopic (exact) mass is 359 g/mol. The second-order valence-electron chi connectivity index (χ2n) is 6.08. The number of halogens is 1. The first-order valence-electron chi connectivity index (χ1n) is 8.58. The Labute approximate surface area is 151 Å². The molecule has 0 spiro atoms. The van der Waals surface area contributed by atoms with Crippen LogP contribution in [0.5, 0.6) is 11.8 Å². The number of benzene rings is 1. The largest absolute Gasteiger partial charge is 0.481 e. The highest BCUT2D eigenvalue weighted by atomic mass is 19.1. The third-order valence-corrected chi connectivity index (χ3v) is 4.22. The van der Waals surface area contributed by atoms with Gasteiger partial charge in [0.05, 0.1) is 13.2 Å². The molecule has 1 amide bonds. The van der Waals surface area contributed by atoms with Crippen molar-refractivity contribution in [3.63, 3.8) is 0 Å². The van der Waals surface area contributed by atoms with Crippen LogP contribution >= 0.6 is 0 Å². The Bertz CT molecular complexity index is 749. The summed E-state index contributed by atoms with van der Waals surface area (Å²) >= 11 is 0. The lowest BCUT2D eigenvalue weighted by atomic mass is 10.2. The zero-order valence-electron chi connectivity index (χ0n) is 14.6. The zero-order chi connectivity index (χ0) is 18.4. The first kappa shape index (κ1) is 18.1. The number of rotatable bonds is 7. The summed E-state index contributed by atoms with van der Waals surface area (Å²) in [5.74, 6) is -0.591. The molecule has 26 heavy (non-hydrogen) atoms. The van der Waals surface area contributed by atoms with Crippen molar-refractivity contribution in [1.29, 1.82) is 0 Å². The molecule has 138 valence electrons. The SMILES string of the molecule is COc1nc(OCc2ccccc2)c(F)cc1CNC(=O)C1CCCN1. The first-order chi connectivity index (χ1) is 12.7. The highest BCUT2D eigenvalue weighted by molar-refractivity contribution is 5.82. The fourth-order valence-electron chi connectivity index (χ4n) is 2.84. The van der Waals surface area contributed by atoms with Gasteiger partial charge < -0.3 is 20.1 Å². The number of amides is 1. The van der Waals surface area contributed by atoms with Crippen LogP contribution in [0.2, 0.25) is 0 Å². The Kier molecular flexibility index (Phi) is 6.01. The molecular formula is C19H22FN3O3. The molecule has 2 N–H and O–H groups in total. The van der Waals surface area contributed by atoms with Crippen molar-refractivity contribution in [3.8, 4) is 11.8 Å². The van der Waals surface area contributed by atoms with Gasteiger partial charge in [0.2, 0.25) is 11.8 Å². The van der Waals surface area contributed by atoms with E-state index in [2.05, 4.69) is 15.6 Å². The maximum absolute atomic E-state index is 14.3. The third-order valence-electron chi connectivity index (χ3n) is 4.22. The van der Waals surface area contributed by atoms with Crippen molar-refractivity contribution < 1.29 is 18.7 Å². The predicted octanol–water partition coefficient (Wildman–Crippen LogP) is 2.18. The number of nitrogens with one attached hydrogen (secondary N) is 2. The summed E-state index contributed by atoms with van der Waals surface area (Å²) in [6, 6.07) is 10.5. The minimum atomic E-state index is -0.593. The molecule has 0 bridgehead atoms. The van der Waals surface area contributed by atoms with Gasteiger partial charge in [0.1, 0.15) is 6.61 Å². The number of nitrogens with zero attached hydrogens (tertiary/aromatic N) is 1. The summed E-state index contributed by atoms with van der Waals surface area (Å²) in [5.41, 5.74) is 1.37. The van der Waals surface area contributed by atoms with Gasteiger partial charge >= 0.3 is 0 Å². The van der Waals surface area contributed by atoms with E-state index in [4.69, 9.17) is 9.47 Å². The normalized spacial score (nSPS) is 16.3. The van der Waals surface area contributed by atoms with E-state index in [0.717, 1.165) is 24.9 Å². The number of methoxy groups -OCH3 is 1. The maximum atomic E-state index is 14.3. The van der Waals surface area contributed by atoms with Crippen molar-refractivity contribution in [2.45, 2.75) is 32.0 Å². The molecule has 6 nitrogen and oxygen atoms in total. The minimum Gasteiger partial charge on any atom is -0.481 e. The smallest absolute Gasteiger partial charge is 0.254 e. The number of carbonyl (C=O) groups excluding carboxylic acids is 1. The van der Waals surface area contributed by atoms with Gasteiger partial charge in [0.15, 0.2) is 5.82 Å². The lowest BCUT2D eigenvalue weighted by Crippen LogP contribution is -2.40. The molecule has 2 aromatic rings. The van der Waals surface area contributed by atoms with Gasteiger partial charge in [-0.25, -0.2) is 4.39 Å². The number of aromatic nitrogens is 1. The van der Waals surface area contributed by atoms with Gasteiger partial charge in [-0.05, 0) is 31.0 Å². The van der Waals surface area contributed by atoms with E-state index >= 15 is 0 Å². The van der Waals surface area contributed by atoms with Gasteiger partial charge in [-0.15, -0.1) is 0 Å². The van der Waals surface area contributed by atoms with E-state index in [1.807, 2.05) is 30.3 Å². The molecule has 1 saturated heterocycles. The topological polar surface area (TPSA) is 72.5 Å². The average Bonchev–Trinajstić information content (AvgIpc) is 3.21. The van der Waals surface area contributed by atoms with E-state index in [9.17, 15) is 9.18 Å². The quantitative estimate of drug-likeness (QED) is 0.793. The molecule has 1 atom stereocenters. The molecule has 0 aliphatic carbocycles. The fraction of sp³-hybridized carbons (Fsp3) is 0.368. The molecule has 1 unspecified atom stereocenters. The predicted molar refractivity (Wildman–Crippen MR) is 94.4 cm³/mol. The van der Waals surface area contributed by atoms with Crippen LogP contribution in [0.25, 0.3) is 0 Å². The number of pyridine rings is 1. The molecule has 1 fully saturated rings. The molecular weight excluding hydrogens is 337 g/mol. The minimum absolute atomic E-state index is 0.102. The molecule has 1 aromatic heterocycles. The summed E-state index contributed by atoms with van der Waals surface area (Å²) in [7, 11) is 1.45. The highest BCUT2D eigenvalue weighted by Gasteiger charge is 2.22. The highest BCUT2D eigenvalue weighted by Crippen LogP contribution is 2.24. The average molecular weight is 359 g/mol. The molecule has 2 heterocycles. The summed E-state index contributed by atoms with van der Waals surface area (Å²) in [4.78, 5) is 16.2. The van der Waals surface area contributed by atoms with Gasteiger partial charge in [-0.3, -0.25) is 4.79 Å². The van der Waals surface area contributed by atoms with Crippen molar-refractivity contribution >= 4 is 5.91 Å². The van der Waals surface area contributed by atoms with Crippen LogP contribution in [-0.4, -0.2) is 30.6 Å². The van der Waals surface area contributed by atoms with E-state index < -0.39 is 5.82 Å². The van der Waals surface area contributed by atoms with Gasteiger partial charge in [0.25, 0.3) is 5.88 Å². The molecule has 0 radical (unpaired) electrons. The Balaban J connectivity index is 1.65. The maximum Gasteiger partial charge on any atom is 0.254 e. The van der Waals surface area contributed by atoms with Crippen LogP contribution in [0.1, 0.15) is 24.0 Å². The molecule has 1 aliphatic heterocycles. The molecule has 0 saturated carbocycles. The van der Waals surface area contributed by atoms with E-state index in [0.29, 0.717) is 5.56 Å². The van der Waals surface area contributed by atoms with Crippen LogP contribution in [0.15, 0.2) is 36.4 Å². The standard InChI is InChI=1S/C19H22FN3O3/c1-25-18-14(11-22-17(24)16-8-5-9-21-16)10-15(20)19(23-18)26-12-13-6-3-2-4-7-13/h2-4,6-7,10,16,21H,5,8-9,11-12H2,1H3,(H,22,24). The summed E-state index contributed by atoms with van der Waals surface area (Å²) in [6.07, 6.45) is 1.78. The van der Waals surface area contributed by atoms with Gasteiger partial charge in [0, 0.05) is 12.1 Å². The number of ether oxygens (including phenoxy) is 2. The fourth-order valence-corrected chi connectivity index (χ4v) is 2.84. The second kappa shape index (κ2) is 8.62. The van der Waals surface area contributed by atoms with E-state index in [1.54, 1.807) is 0 Å². The number of hydrogen-bond donors (Lipinski definition) is 2. The van der Waals surface area contributed by atoms with Crippen LogP contribution < -0.4 is 20.1 Å². The molecule has 3 rings (SSSR count). The Morgan fingerprint density at radius 1 is 1.35 bits per heavy atom. The van der Waals surface area contributed by atoms with Crippen molar-refractivity contribution in [2.75, 3.05) is 13.7 Å². The second-order valence-corrected chi connectivity index (χ2v) is 6.08. The van der Waals surface area contributed by atoms with Gasteiger partial charge in [-0.1, -0.05) is 30.3 Å². The van der Waals surface area contributed by atoms with Crippen molar-refractivity contribution in [2.24, 2.45) is 0 Å². The van der Waals surface area contributed by atoms with E-state index in [-0.39, 0.29) is 36.9 Å². The zero-order valence-corrected chi connectivity index (χ0v) is 14.6. The van der Waals surface area contributed by atoms with E-state index in [1.165, 1.54) is 13.2 Å². The Morgan fingerprint density at radius 3 is 2.85 bits per heavy atom. The third kappa shape index (κ3) is 4.49. The lowest BCUT2D eigenvalue weighted by molar-refractivity contribution is -0.122. The number of hydrogen-bond acceptors (Lipinski definition) is 5. The van der Waals surface area contributed by atoms with Crippen molar-refractivity contribution in [3.05, 3.63) is 53.3 Å². The summed E-state index contributed by atoms with van der Waals surface area (Å²) in [5, 5.41) is 5.91. The number of carbonyl (C=O) groups is 1. The Hall–Kier alpha value is -2.67. The molecule has 7 heteroatoms. The molecule has 1 aromatic carbocycles. The first-order valence-corrected chi connectivity index (χ1v) is 8.58.